The first-order valence-corrected chi connectivity index (χ1v) is 4.88. The summed E-state index contributed by atoms with van der Waals surface area (Å²) >= 11 is 0. The number of ether oxygens (including phenoxy) is 1. The van der Waals surface area contributed by atoms with Crippen LogP contribution in [-0.4, -0.2) is 11.9 Å². The highest BCUT2D eigenvalue weighted by atomic mass is 16.6. The monoisotopic (exact) mass is 206 g/mol. The van der Waals surface area contributed by atoms with Crippen LogP contribution in [0.1, 0.15) is 41.5 Å². The molecule has 0 unspecified atom stereocenters. The summed E-state index contributed by atoms with van der Waals surface area (Å²) in [7, 11) is 0. The second kappa shape index (κ2) is 4.73. The first-order valence-electron chi connectivity index (χ1n) is 4.88. The summed E-state index contributed by atoms with van der Waals surface area (Å²) in [6.45, 7) is 6.50. The van der Waals surface area contributed by atoms with Crippen LogP contribution in [0.25, 0.3) is 0 Å². The van der Waals surface area contributed by atoms with Crippen LogP contribution in [0.2, 0.25) is 0 Å². The molecule has 0 bridgehead atoms. The Balaban J connectivity index is 0.000000245. The summed E-state index contributed by atoms with van der Waals surface area (Å²) in [4.78, 5) is 21.7. The number of carbonyl (C=O) groups is 2. The molecule has 1 aromatic rings. The Bertz CT molecular complexity index is 344. The molecule has 2 rings (SSSR count). The lowest BCUT2D eigenvalue weighted by Gasteiger charge is -1.86. The summed E-state index contributed by atoms with van der Waals surface area (Å²) in [5.74, 6) is -0.267. The molecule has 0 aliphatic carbocycles. The topological polar surface area (TPSA) is 43.4 Å². The number of hydrogen-bond acceptors (Lipinski definition) is 3. The highest BCUT2D eigenvalue weighted by Gasteiger charge is 2.28. The van der Waals surface area contributed by atoms with Gasteiger partial charge < -0.3 is 4.74 Å². The molecule has 0 atom stereocenters. The van der Waals surface area contributed by atoms with Gasteiger partial charge in [-0.15, -0.1) is 0 Å². The second-order valence-corrected chi connectivity index (χ2v) is 3.95. The third-order valence-corrected chi connectivity index (χ3v) is 1.55. The van der Waals surface area contributed by atoms with E-state index >= 15 is 0 Å². The highest BCUT2D eigenvalue weighted by molar-refractivity contribution is 6.14. The Morgan fingerprint density at radius 2 is 1.27 bits per heavy atom. The highest BCUT2D eigenvalue weighted by Crippen LogP contribution is 2.18. The van der Waals surface area contributed by atoms with Crippen molar-refractivity contribution in [1.82, 2.24) is 0 Å². The number of rotatable bonds is 0. The van der Waals surface area contributed by atoms with Gasteiger partial charge in [0.05, 0.1) is 11.1 Å². The van der Waals surface area contributed by atoms with Crippen LogP contribution in [0.5, 0.6) is 0 Å². The maximum Gasteiger partial charge on any atom is 0.346 e. The molecule has 0 spiro atoms. The molecule has 0 saturated heterocycles. The fourth-order valence-corrected chi connectivity index (χ4v) is 1.03. The van der Waals surface area contributed by atoms with Crippen molar-refractivity contribution in [3.63, 3.8) is 0 Å². The van der Waals surface area contributed by atoms with Crippen molar-refractivity contribution in [3.05, 3.63) is 35.4 Å². The van der Waals surface area contributed by atoms with E-state index in [0.717, 1.165) is 5.92 Å². The number of esters is 2. The Morgan fingerprint density at radius 1 is 0.933 bits per heavy atom. The largest absolute Gasteiger partial charge is 0.386 e. The molecule has 0 amide bonds. The van der Waals surface area contributed by atoms with E-state index < -0.39 is 11.9 Å². The van der Waals surface area contributed by atoms with Gasteiger partial charge in [0.25, 0.3) is 0 Å². The average molecular weight is 206 g/mol. The van der Waals surface area contributed by atoms with E-state index in [4.69, 9.17) is 0 Å². The molecule has 15 heavy (non-hydrogen) atoms. The molecule has 1 aliphatic rings. The van der Waals surface area contributed by atoms with Gasteiger partial charge in [-0.1, -0.05) is 32.9 Å². The van der Waals surface area contributed by atoms with Gasteiger partial charge in [0.15, 0.2) is 0 Å². The molecular formula is C12H14O3. The lowest BCUT2D eigenvalue weighted by molar-refractivity contribution is 0.0444. The number of carbonyl (C=O) groups excluding carboxylic acids is 2. The van der Waals surface area contributed by atoms with Gasteiger partial charge in [0.1, 0.15) is 0 Å². The van der Waals surface area contributed by atoms with Gasteiger partial charge in [-0.25, -0.2) is 9.59 Å². The molecule has 80 valence electrons. The number of cyclic esters (lactones) is 2. The van der Waals surface area contributed by atoms with Gasteiger partial charge in [-0.3, -0.25) is 0 Å². The van der Waals surface area contributed by atoms with Crippen LogP contribution in [-0.2, 0) is 4.74 Å². The molecule has 0 saturated carbocycles. The zero-order valence-corrected chi connectivity index (χ0v) is 9.11. The molecule has 0 radical (unpaired) electrons. The Labute approximate surface area is 89.1 Å². The molecule has 3 nitrogen and oxygen atoms in total. The Hall–Kier alpha value is -1.64. The van der Waals surface area contributed by atoms with Crippen molar-refractivity contribution in [1.29, 1.82) is 0 Å². The van der Waals surface area contributed by atoms with Crippen LogP contribution in [0.15, 0.2) is 24.3 Å². The van der Waals surface area contributed by atoms with Gasteiger partial charge in [0, 0.05) is 0 Å². The minimum absolute atomic E-state index is 0.359. The standard InChI is InChI=1S/C8H4O3.C4H10/c9-7-5-3-1-2-4-6(5)8(10)11-7;1-4(2)3/h1-4H;4H,1-3H3. The maximum absolute atomic E-state index is 10.8. The predicted molar refractivity (Wildman–Crippen MR) is 56.7 cm³/mol. The molecule has 1 heterocycles. The average Bonchev–Trinajstić information content (AvgIpc) is 2.43. The minimum Gasteiger partial charge on any atom is -0.386 e. The van der Waals surface area contributed by atoms with E-state index in [1.807, 2.05) is 0 Å². The van der Waals surface area contributed by atoms with Gasteiger partial charge in [-0.05, 0) is 18.1 Å². The fourth-order valence-electron chi connectivity index (χ4n) is 1.03. The van der Waals surface area contributed by atoms with E-state index in [-0.39, 0.29) is 0 Å². The zero-order valence-electron chi connectivity index (χ0n) is 9.11. The van der Waals surface area contributed by atoms with Crippen molar-refractivity contribution in [2.24, 2.45) is 5.92 Å². The van der Waals surface area contributed by atoms with E-state index in [0.29, 0.717) is 11.1 Å². The fraction of sp³-hybridized carbons (Fsp3) is 0.333. The minimum atomic E-state index is -0.550. The molecule has 3 heteroatoms. The van der Waals surface area contributed by atoms with Crippen molar-refractivity contribution < 1.29 is 14.3 Å². The number of hydrogen-bond donors (Lipinski definition) is 0. The van der Waals surface area contributed by atoms with Gasteiger partial charge in [-0.2, -0.15) is 0 Å². The first kappa shape index (κ1) is 11.4. The molecule has 1 aromatic carbocycles. The molecule has 1 aliphatic heterocycles. The van der Waals surface area contributed by atoms with Crippen LogP contribution in [0.4, 0.5) is 0 Å². The smallest absolute Gasteiger partial charge is 0.346 e. The molecule has 0 fully saturated rings. The second-order valence-electron chi connectivity index (χ2n) is 3.95. The van der Waals surface area contributed by atoms with Crippen LogP contribution in [0, 0.1) is 5.92 Å². The maximum atomic E-state index is 10.8. The Kier molecular flexibility index (Phi) is 3.61. The van der Waals surface area contributed by atoms with Crippen LogP contribution < -0.4 is 0 Å². The van der Waals surface area contributed by atoms with Gasteiger partial charge >= 0.3 is 11.9 Å². The van der Waals surface area contributed by atoms with Gasteiger partial charge in [0.2, 0.25) is 0 Å². The lowest BCUT2D eigenvalue weighted by atomic mass is 10.1. The van der Waals surface area contributed by atoms with E-state index in [1.54, 1.807) is 24.3 Å². The van der Waals surface area contributed by atoms with Crippen LogP contribution >= 0.6 is 0 Å². The number of fused-ring (bicyclic) bond motifs is 1. The zero-order chi connectivity index (χ0) is 11.4. The number of benzene rings is 1. The molecule has 0 N–H and O–H groups in total. The van der Waals surface area contributed by atoms with E-state index in [1.165, 1.54) is 0 Å². The third kappa shape index (κ3) is 2.91. The van der Waals surface area contributed by atoms with E-state index in [9.17, 15) is 9.59 Å². The summed E-state index contributed by atoms with van der Waals surface area (Å²) in [6, 6.07) is 6.53. The summed E-state index contributed by atoms with van der Waals surface area (Å²) in [6.07, 6.45) is 0. The quantitative estimate of drug-likeness (QED) is 0.484. The predicted octanol–water partition coefficient (Wildman–Crippen LogP) is 2.66. The van der Waals surface area contributed by atoms with E-state index in [2.05, 4.69) is 25.5 Å². The van der Waals surface area contributed by atoms with Crippen molar-refractivity contribution in [3.8, 4) is 0 Å². The normalized spacial score (nSPS) is 13.1. The molecule has 0 aromatic heterocycles. The Morgan fingerprint density at radius 3 is 1.60 bits per heavy atom. The molecular weight excluding hydrogens is 192 g/mol. The summed E-state index contributed by atoms with van der Waals surface area (Å²) in [5, 5.41) is 0. The summed E-state index contributed by atoms with van der Waals surface area (Å²) < 4.78 is 4.35. The summed E-state index contributed by atoms with van der Waals surface area (Å²) in [5.41, 5.74) is 0.718. The lowest BCUT2D eigenvalue weighted by Crippen LogP contribution is -1.96. The SMILES string of the molecule is CC(C)C.O=C1OC(=O)c2ccccc21. The van der Waals surface area contributed by atoms with Crippen molar-refractivity contribution >= 4 is 11.9 Å². The first-order chi connectivity index (χ1) is 7.02. The van der Waals surface area contributed by atoms with Crippen LogP contribution in [0.3, 0.4) is 0 Å². The van der Waals surface area contributed by atoms with Crippen molar-refractivity contribution in [2.75, 3.05) is 0 Å². The third-order valence-electron chi connectivity index (χ3n) is 1.55. The van der Waals surface area contributed by atoms with Crippen molar-refractivity contribution in [2.45, 2.75) is 20.8 Å².